The van der Waals surface area contributed by atoms with E-state index in [0.29, 0.717) is 19.5 Å². The largest absolute Gasteiger partial charge is 0.375 e. The molecule has 3 rings (SSSR count). The molecule has 0 fully saturated rings. The highest BCUT2D eigenvalue weighted by molar-refractivity contribution is 14.0. The third-order valence-electron chi connectivity index (χ3n) is 5.28. The first-order valence-corrected chi connectivity index (χ1v) is 11.2. The highest BCUT2D eigenvalue weighted by Gasteiger charge is 2.23. The minimum atomic E-state index is 0. The molecule has 0 saturated carbocycles. The van der Waals surface area contributed by atoms with E-state index in [1.54, 1.807) is 25.5 Å². The summed E-state index contributed by atoms with van der Waals surface area (Å²) in [5.74, 6) is 0.982. The van der Waals surface area contributed by atoms with Gasteiger partial charge in [-0.3, -0.25) is 9.79 Å². The highest BCUT2D eigenvalue weighted by atomic mass is 127. The SMILES string of the molecule is CN=C(NCCCC(=O)N1CCc2ccccc21)N(C)Cc1csc(C(C)OC)n1.I. The Kier molecular flexibility index (Phi) is 10.2. The molecule has 1 aliphatic heterocycles. The maximum atomic E-state index is 12.6. The average Bonchev–Trinajstić information content (AvgIpc) is 3.40. The van der Waals surface area contributed by atoms with Gasteiger partial charge in [0.05, 0.1) is 12.2 Å². The predicted molar refractivity (Wildman–Crippen MR) is 138 cm³/mol. The molecule has 31 heavy (non-hydrogen) atoms. The van der Waals surface area contributed by atoms with Crippen LogP contribution in [0.4, 0.5) is 5.69 Å². The van der Waals surface area contributed by atoms with Gasteiger partial charge in [-0.05, 0) is 31.4 Å². The number of guanidine groups is 1. The lowest BCUT2D eigenvalue weighted by atomic mass is 10.2. The number of aromatic nitrogens is 1. The van der Waals surface area contributed by atoms with Crippen LogP contribution in [-0.2, 0) is 22.5 Å². The number of halogens is 1. The molecule has 170 valence electrons. The van der Waals surface area contributed by atoms with E-state index in [-0.39, 0.29) is 36.0 Å². The highest BCUT2D eigenvalue weighted by Crippen LogP contribution is 2.28. The van der Waals surface area contributed by atoms with Gasteiger partial charge in [-0.15, -0.1) is 35.3 Å². The van der Waals surface area contributed by atoms with Crippen LogP contribution >= 0.6 is 35.3 Å². The number of amides is 1. The second-order valence-electron chi connectivity index (χ2n) is 7.41. The van der Waals surface area contributed by atoms with Crippen molar-refractivity contribution in [3.05, 3.63) is 45.9 Å². The Balaban J connectivity index is 0.00000341. The smallest absolute Gasteiger partial charge is 0.227 e. The van der Waals surface area contributed by atoms with Crippen molar-refractivity contribution in [2.45, 2.75) is 38.8 Å². The molecule has 2 aromatic rings. The molecule has 7 nitrogen and oxygen atoms in total. The zero-order valence-electron chi connectivity index (χ0n) is 18.6. The number of methoxy groups -OCH3 is 1. The Morgan fingerprint density at radius 2 is 2.19 bits per heavy atom. The van der Waals surface area contributed by atoms with Gasteiger partial charge in [-0.2, -0.15) is 0 Å². The Labute approximate surface area is 205 Å². The number of carbonyl (C=O) groups is 1. The van der Waals surface area contributed by atoms with Crippen LogP contribution in [0.3, 0.4) is 0 Å². The van der Waals surface area contributed by atoms with Gasteiger partial charge in [0.15, 0.2) is 5.96 Å². The topological polar surface area (TPSA) is 70.1 Å². The number of ether oxygens (including phenoxy) is 1. The van der Waals surface area contributed by atoms with Crippen molar-refractivity contribution in [3.8, 4) is 0 Å². The molecule has 0 radical (unpaired) electrons. The average molecular weight is 558 g/mol. The molecule has 1 N–H and O–H groups in total. The fourth-order valence-corrected chi connectivity index (χ4v) is 4.40. The number of benzene rings is 1. The Morgan fingerprint density at radius 1 is 1.42 bits per heavy atom. The molecule has 1 aromatic carbocycles. The number of hydrogen-bond donors (Lipinski definition) is 1. The van der Waals surface area contributed by atoms with E-state index < -0.39 is 0 Å². The number of fused-ring (bicyclic) bond motifs is 1. The van der Waals surface area contributed by atoms with Crippen molar-refractivity contribution >= 4 is 52.9 Å². The number of rotatable bonds is 8. The van der Waals surface area contributed by atoms with E-state index in [0.717, 1.165) is 41.7 Å². The summed E-state index contributed by atoms with van der Waals surface area (Å²) < 4.78 is 5.33. The van der Waals surface area contributed by atoms with Crippen molar-refractivity contribution in [1.29, 1.82) is 0 Å². The number of hydrogen-bond acceptors (Lipinski definition) is 5. The molecule has 0 spiro atoms. The molecule has 0 aliphatic carbocycles. The molecule has 9 heteroatoms. The van der Waals surface area contributed by atoms with Crippen LogP contribution in [0.1, 0.15) is 42.1 Å². The lowest BCUT2D eigenvalue weighted by molar-refractivity contribution is -0.118. The van der Waals surface area contributed by atoms with E-state index in [1.807, 2.05) is 42.0 Å². The zero-order chi connectivity index (χ0) is 21.5. The molecule has 1 unspecified atom stereocenters. The number of para-hydroxylation sites is 1. The quantitative estimate of drug-likeness (QED) is 0.231. The molecule has 1 aromatic heterocycles. The van der Waals surface area contributed by atoms with Crippen molar-refractivity contribution in [2.24, 2.45) is 4.99 Å². The lowest BCUT2D eigenvalue weighted by Gasteiger charge is -2.21. The Bertz CT molecular complexity index is 888. The lowest BCUT2D eigenvalue weighted by Crippen LogP contribution is -2.39. The number of thiazole rings is 1. The number of carbonyl (C=O) groups excluding carboxylic acids is 1. The van der Waals surface area contributed by atoms with Crippen molar-refractivity contribution in [2.75, 3.05) is 39.2 Å². The normalized spacial score (nSPS) is 14.1. The summed E-state index contributed by atoms with van der Waals surface area (Å²) in [6.07, 6.45) is 2.23. The van der Waals surface area contributed by atoms with Gasteiger partial charge >= 0.3 is 0 Å². The molecule has 0 bridgehead atoms. The number of nitrogens with one attached hydrogen (secondary N) is 1. The van der Waals surface area contributed by atoms with Crippen LogP contribution in [0.15, 0.2) is 34.6 Å². The Morgan fingerprint density at radius 3 is 2.94 bits per heavy atom. The van der Waals surface area contributed by atoms with E-state index in [9.17, 15) is 4.79 Å². The van der Waals surface area contributed by atoms with Crippen molar-refractivity contribution in [3.63, 3.8) is 0 Å². The summed E-state index contributed by atoms with van der Waals surface area (Å²) in [5.41, 5.74) is 3.32. The van der Waals surface area contributed by atoms with Gasteiger partial charge in [-0.25, -0.2) is 4.98 Å². The molecular weight excluding hydrogens is 525 g/mol. The van der Waals surface area contributed by atoms with Crippen LogP contribution < -0.4 is 10.2 Å². The maximum absolute atomic E-state index is 12.6. The van der Waals surface area contributed by atoms with Crippen LogP contribution in [0.5, 0.6) is 0 Å². The Hall–Kier alpha value is -1.72. The first-order chi connectivity index (χ1) is 14.5. The third kappa shape index (κ3) is 6.63. The van der Waals surface area contributed by atoms with Crippen LogP contribution in [0.25, 0.3) is 0 Å². The van der Waals surface area contributed by atoms with E-state index >= 15 is 0 Å². The van der Waals surface area contributed by atoms with Crippen LogP contribution in [0, 0.1) is 0 Å². The van der Waals surface area contributed by atoms with Gasteiger partial charge in [-0.1, -0.05) is 18.2 Å². The summed E-state index contributed by atoms with van der Waals surface area (Å²) in [7, 11) is 5.45. The maximum Gasteiger partial charge on any atom is 0.227 e. The fraction of sp³-hybridized carbons (Fsp3) is 0.500. The first-order valence-electron chi connectivity index (χ1n) is 10.3. The van der Waals surface area contributed by atoms with Crippen molar-refractivity contribution < 1.29 is 9.53 Å². The van der Waals surface area contributed by atoms with E-state index in [4.69, 9.17) is 4.74 Å². The van der Waals surface area contributed by atoms with Gasteiger partial charge in [0.1, 0.15) is 11.1 Å². The van der Waals surface area contributed by atoms with Crippen LogP contribution in [-0.4, -0.2) is 56.0 Å². The molecule has 0 saturated heterocycles. The van der Waals surface area contributed by atoms with Gasteiger partial charge < -0.3 is 19.9 Å². The van der Waals surface area contributed by atoms with E-state index in [1.165, 1.54) is 5.56 Å². The second-order valence-corrected chi connectivity index (χ2v) is 8.30. The standard InChI is InChI=1S/C22H31N5O2S.HI/c1-16(29-4)21-25-18(15-30-21)14-26(3)22(23-2)24-12-7-10-20(28)27-13-11-17-8-5-6-9-19(17)27;/h5-6,8-9,15-16H,7,10-14H2,1-4H3,(H,23,24);1H. The number of nitrogens with zero attached hydrogens (tertiary/aromatic N) is 4. The zero-order valence-corrected chi connectivity index (χ0v) is 21.8. The predicted octanol–water partition coefficient (Wildman–Crippen LogP) is 3.85. The van der Waals surface area contributed by atoms with E-state index in [2.05, 4.69) is 26.7 Å². The molecule has 1 atom stereocenters. The number of anilines is 1. The minimum absolute atomic E-state index is 0. The van der Waals surface area contributed by atoms with Gasteiger partial charge in [0.25, 0.3) is 0 Å². The van der Waals surface area contributed by atoms with Crippen molar-refractivity contribution in [1.82, 2.24) is 15.2 Å². The summed E-state index contributed by atoms with van der Waals surface area (Å²) in [6.45, 7) is 4.14. The summed E-state index contributed by atoms with van der Waals surface area (Å²) in [4.78, 5) is 25.6. The monoisotopic (exact) mass is 557 g/mol. The fourth-order valence-electron chi connectivity index (χ4n) is 3.56. The third-order valence-corrected chi connectivity index (χ3v) is 6.34. The van der Waals surface area contributed by atoms with Crippen LogP contribution in [0.2, 0.25) is 0 Å². The minimum Gasteiger partial charge on any atom is -0.375 e. The van der Waals surface area contributed by atoms with Gasteiger partial charge in [0.2, 0.25) is 5.91 Å². The summed E-state index contributed by atoms with van der Waals surface area (Å²) >= 11 is 1.61. The summed E-state index contributed by atoms with van der Waals surface area (Å²) in [5, 5.41) is 6.39. The molecular formula is C22H32IN5O2S. The van der Waals surface area contributed by atoms with Gasteiger partial charge in [0, 0.05) is 51.8 Å². The molecule has 1 aliphatic rings. The molecule has 2 heterocycles. The summed E-state index contributed by atoms with van der Waals surface area (Å²) in [6, 6.07) is 8.16. The molecule has 1 amide bonds. The first kappa shape index (κ1) is 25.5. The number of aliphatic imine (C=N–C) groups is 1. The second kappa shape index (κ2) is 12.4.